The Morgan fingerprint density at radius 2 is 1.82 bits per heavy atom. The molecule has 0 fully saturated rings. The number of nitrogens with zero attached hydrogens (tertiary/aromatic N) is 1. The van der Waals surface area contributed by atoms with E-state index >= 15 is 0 Å². The Balaban J connectivity index is 2.63. The molecule has 150 valence electrons. The average molecular weight is 493 g/mol. The van der Waals surface area contributed by atoms with Gasteiger partial charge in [0.15, 0.2) is 4.21 Å². The average Bonchev–Trinajstić information content (AvgIpc) is 3.00. The number of thiophene rings is 1. The van der Waals surface area contributed by atoms with E-state index in [1.54, 1.807) is 0 Å². The Kier molecular flexibility index (Phi) is 6.41. The molecule has 2 aromatic rings. The second kappa shape index (κ2) is 8.24. The minimum Gasteiger partial charge on any atom is -0.465 e. The van der Waals surface area contributed by atoms with Crippen LogP contribution in [0.15, 0.2) is 26.9 Å². The third kappa shape index (κ3) is 4.15. The van der Waals surface area contributed by atoms with Gasteiger partial charge in [-0.1, -0.05) is 0 Å². The minimum atomic E-state index is -4.40. The van der Waals surface area contributed by atoms with Gasteiger partial charge in [0.25, 0.3) is 15.7 Å². The first-order valence-electron chi connectivity index (χ1n) is 7.30. The predicted octanol–water partition coefficient (Wildman–Crippen LogP) is 3.10. The number of carbonyl (C=O) groups is 2. The fourth-order valence-electron chi connectivity index (χ4n) is 2.20. The Labute approximate surface area is 171 Å². The van der Waals surface area contributed by atoms with Crippen LogP contribution < -0.4 is 4.72 Å². The number of halogens is 1. The maximum atomic E-state index is 12.9. The number of non-ortho nitro benzene ring substituents is 1. The highest BCUT2D eigenvalue weighted by atomic mass is 79.9. The molecular weight excluding hydrogens is 480 g/mol. The Morgan fingerprint density at radius 3 is 2.36 bits per heavy atom. The molecule has 1 heterocycles. The highest BCUT2D eigenvalue weighted by Gasteiger charge is 2.33. The number of hydrogen-bond donors (Lipinski definition) is 1. The van der Waals surface area contributed by atoms with Crippen LogP contribution in [0, 0.1) is 17.0 Å². The first-order valence-corrected chi connectivity index (χ1v) is 10.4. The van der Waals surface area contributed by atoms with Crippen molar-refractivity contribution in [3.8, 4) is 0 Å². The molecule has 13 heteroatoms. The Morgan fingerprint density at radius 1 is 1.21 bits per heavy atom. The smallest absolute Gasteiger partial charge is 0.348 e. The van der Waals surface area contributed by atoms with E-state index in [-0.39, 0.29) is 31.9 Å². The van der Waals surface area contributed by atoms with Gasteiger partial charge < -0.3 is 9.47 Å². The summed E-state index contributed by atoms with van der Waals surface area (Å²) in [6, 6.07) is 3.50. The van der Waals surface area contributed by atoms with Gasteiger partial charge in [0.05, 0.1) is 30.4 Å². The lowest BCUT2D eigenvalue weighted by molar-refractivity contribution is -0.384. The molecule has 0 aliphatic rings. The molecule has 0 radical (unpaired) electrons. The molecule has 0 unspecified atom stereocenters. The molecule has 0 saturated heterocycles. The first kappa shape index (κ1) is 21.8. The molecule has 10 nitrogen and oxygen atoms in total. The monoisotopic (exact) mass is 492 g/mol. The van der Waals surface area contributed by atoms with Crippen molar-refractivity contribution in [1.82, 2.24) is 0 Å². The van der Waals surface area contributed by atoms with Gasteiger partial charge in [0.2, 0.25) is 0 Å². The Hall–Kier alpha value is -2.51. The predicted molar refractivity (Wildman–Crippen MR) is 103 cm³/mol. The van der Waals surface area contributed by atoms with E-state index < -0.39 is 31.1 Å². The number of methoxy groups -OCH3 is 2. The number of hydrogen-bond acceptors (Lipinski definition) is 9. The number of sulfonamides is 1. The second-order valence-electron chi connectivity index (χ2n) is 5.23. The summed E-state index contributed by atoms with van der Waals surface area (Å²) in [6.45, 7) is 1.39. The topological polar surface area (TPSA) is 142 Å². The van der Waals surface area contributed by atoms with Crippen molar-refractivity contribution in [2.45, 2.75) is 11.1 Å². The number of ether oxygens (including phenoxy) is 2. The molecule has 2 rings (SSSR count). The van der Waals surface area contributed by atoms with Crippen molar-refractivity contribution < 1.29 is 32.4 Å². The third-order valence-electron chi connectivity index (χ3n) is 3.52. The van der Waals surface area contributed by atoms with Gasteiger partial charge in [-0.25, -0.2) is 18.0 Å². The van der Waals surface area contributed by atoms with E-state index in [4.69, 9.17) is 0 Å². The third-order valence-corrected chi connectivity index (χ3v) is 7.37. The minimum absolute atomic E-state index is 0.0821. The van der Waals surface area contributed by atoms with Crippen LogP contribution in [0.1, 0.15) is 25.6 Å². The molecule has 0 spiro atoms. The van der Waals surface area contributed by atoms with Crippen LogP contribution in [0.5, 0.6) is 0 Å². The van der Waals surface area contributed by atoms with Crippen LogP contribution in [0.25, 0.3) is 0 Å². The molecular formula is C15H13BrN2O8S2. The number of benzene rings is 1. The molecule has 0 atom stereocenters. The summed E-state index contributed by atoms with van der Waals surface area (Å²) in [5.74, 6) is -1.77. The maximum absolute atomic E-state index is 12.9. The number of nitro groups is 1. The lowest BCUT2D eigenvalue weighted by Crippen LogP contribution is -2.16. The maximum Gasteiger partial charge on any atom is 0.348 e. The molecule has 0 amide bonds. The van der Waals surface area contributed by atoms with Gasteiger partial charge >= 0.3 is 11.9 Å². The van der Waals surface area contributed by atoms with Gasteiger partial charge in [-0.05, 0) is 34.5 Å². The van der Waals surface area contributed by atoms with Gasteiger partial charge in [-0.3, -0.25) is 14.8 Å². The van der Waals surface area contributed by atoms with Crippen LogP contribution in [0.3, 0.4) is 0 Å². The van der Waals surface area contributed by atoms with Crippen LogP contribution in [-0.4, -0.2) is 39.5 Å². The number of nitro benzene ring substituents is 1. The summed E-state index contributed by atoms with van der Waals surface area (Å²) in [4.78, 5) is 34.2. The normalized spacial score (nSPS) is 11.0. The summed E-state index contributed by atoms with van der Waals surface area (Å²) >= 11 is 3.64. The van der Waals surface area contributed by atoms with Crippen molar-refractivity contribution in [2.75, 3.05) is 18.9 Å². The summed E-state index contributed by atoms with van der Waals surface area (Å²) < 4.78 is 37.0. The van der Waals surface area contributed by atoms with Crippen LogP contribution >= 0.6 is 27.3 Å². The zero-order valence-electron chi connectivity index (χ0n) is 14.6. The summed E-state index contributed by atoms with van der Waals surface area (Å²) in [7, 11) is -2.22. The fourth-order valence-corrected chi connectivity index (χ4v) is 5.49. The van der Waals surface area contributed by atoms with Crippen molar-refractivity contribution in [3.63, 3.8) is 0 Å². The van der Waals surface area contributed by atoms with E-state index in [9.17, 15) is 28.1 Å². The highest BCUT2D eigenvalue weighted by Crippen LogP contribution is 2.36. The number of esters is 2. The standard InChI is InChI=1S/C15H13BrN2O8S2/c1-7-11(13(19)25-2)15(27-12(7)14(20)26-3)28(23,24)17-10-6-8(18(21)22)4-5-9(10)16/h4-6,17H,1-3H3. The molecule has 0 aliphatic carbocycles. The summed E-state index contributed by atoms with van der Waals surface area (Å²) in [5.41, 5.74) is -0.688. The molecule has 0 bridgehead atoms. The van der Waals surface area contributed by atoms with Crippen LogP contribution in [0.2, 0.25) is 0 Å². The fraction of sp³-hybridized carbons (Fsp3) is 0.200. The first-order chi connectivity index (χ1) is 13.0. The summed E-state index contributed by atoms with van der Waals surface area (Å²) in [5, 5.41) is 10.9. The zero-order valence-corrected chi connectivity index (χ0v) is 17.9. The van der Waals surface area contributed by atoms with E-state index in [2.05, 4.69) is 30.1 Å². The second-order valence-corrected chi connectivity index (χ2v) is 8.98. The van der Waals surface area contributed by atoms with E-state index in [0.717, 1.165) is 20.3 Å². The van der Waals surface area contributed by atoms with Crippen molar-refractivity contribution in [2.24, 2.45) is 0 Å². The van der Waals surface area contributed by atoms with E-state index in [1.165, 1.54) is 19.1 Å². The number of nitrogens with one attached hydrogen (secondary N) is 1. The molecule has 1 aromatic carbocycles. The molecule has 0 saturated carbocycles. The number of carbonyl (C=O) groups excluding carboxylic acids is 2. The van der Waals surface area contributed by atoms with Gasteiger partial charge in [-0.2, -0.15) is 0 Å². The van der Waals surface area contributed by atoms with Crippen LogP contribution in [-0.2, 0) is 19.5 Å². The van der Waals surface area contributed by atoms with E-state index in [1.807, 2.05) is 0 Å². The van der Waals surface area contributed by atoms with Gasteiger partial charge in [0.1, 0.15) is 4.88 Å². The molecule has 1 N–H and O–H groups in total. The lowest BCUT2D eigenvalue weighted by atomic mass is 10.2. The summed E-state index contributed by atoms with van der Waals surface area (Å²) in [6.07, 6.45) is 0. The Bertz CT molecular complexity index is 1080. The molecule has 28 heavy (non-hydrogen) atoms. The quantitative estimate of drug-likeness (QED) is 0.368. The molecule has 0 aliphatic heterocycles. The van der Waals surface area contributed by atoms with Gasteiger partial charge in [-0.15, -0.1) is 11.3 Å². The highest BCUT2D eigenvalue weighted by molar-refractivity contribution is 9.10. The van der Waals surface area contributed by atoms with Gasteiger partial charge in [0, 0.05) is 16.6 Å². The van der Waals surface area contributed by atoms with Crippen molar-refractivity contribution in [3.05, 3.63) is 48.8 Å². The lowest BCUT2D eigenvalue weighted by Gasteiger charge is -2.10. The SMILES string of the molecule is COC(=O)c1sc(S(=O)(=O)Nc2cc([N+](=O)[O-])ccc2Br)c(C(=O)OC)c1C. The number of anilines is 1. The van der Waals surface area contributed by atoms with Crippen molar-refractivity contribution >= 4 is 60.6 Å². The number of rotatable bonds is 6. The van der Waals surface area contributed by atoms with E-state index in [0.29, 0.717) is 11.3 Å². The zero-order chi connectivity index (χ0) is 21.2. The molecule has 1 aromatic heterocycles. The van der Waals surface area contributed by atoms with Crippen molar-refractivity contribution in [1.29, 1.82) is 0 Å². The van der Waals surface area contributed by atoms with Crippen LogP contribution in [0.4, 0.5) is 11.4 Å². The largest absolute Gasteiger partial charge is 0.465 e.